The van der Waals surface area contributed by atoms with Crippen molar-refractivity contribution in [2.24, 2.45) is 0 Å². The Hall–Kier alpha value is -2.80. The third kappa shape index (κ3) is 3.00. The van der Waals surface area contributed by atoms with E-state index in [9.17, 15) is 0 Å². The molecule has 29 heavy (non-hydrogen) atoms. The number of hydrogen-bond acceptors (Lipinski definition) is 1. The number of hydrogen-bond donors (Lipinski definition) is 1. The highest BCUT2D eigenvalue weighted by atomic mass is 14.6. The van der Waals surface area contributed by atoms with Crippen LogP contribution in [0, 0.1) is 0 Å². The van der Waals surface area contributed by atoms with Crippen molar-refractivity contribution in [2.75, 3.05) is 5.73 Å². The van der Waals surface area contributed by atoms with Gasteiger partial charge in [0.25, 0.3) is 0 Å². The molecule has 0 aliphatic rings. The lowest BCUT2D eigenvalue weighted by Gasteiger charge is -2.17. The van der Waals surface area contributed by atoms with Gasteiger partial charge >= 0.3 is 0 Å². The summed E-state index contributed by atoms with van der Waals surface area (Å²) in [5.41, 5.74) is 9.01. The van der Waals surface area contributed by atoms with E-state index in [1.54, 1.807) is 0 Å². The predicted octanol–water partition coefficient (Wildman–Crippen LogP) is 8.22. The van der Waals surface area contributed by atoms with Gasteiger partial charge in [-0.1, -0.05) is 93.6 Å². The second-order valence-corrected chi connectivity index (χ2v) is 8.45. The van der Waals surface area contributed by atoms with Gasteiger partial charge in [-0.05, 0) is 62.2 Å². The average Bonchev–Trinajstić information content (AvgIpc) is 2.76. The van der Waals surface area contributed by atoms with Crippen LogP contribution in [-0.2, 0) is 6.42 Å². The van der Waals surface area contributed by atoms with Crippen molar-refractivity contribution >= 4 is 48.8 Å². The minimum atomic E-state index is 0.978. The van der Waals surface area contributed by atoms with Gasteiger partial charge < -0.3 is 5.73 Å². The number of fused-ring (bicyclic) bond motifs is 2. The molecule has 0 aliphatic carbocycles. The van der Waals surface area contributed by atoms with Crippen molar-refractivity contribution < 1.29 is 0 Å². The summed E-state index contributed by atoms with van der Waals surface area (Å²) < 4.78 is 0. The molecule has 5 aromatic carbocycles. The Morgan fingerprint density at radius 1 is 0.621 bits per heavy atom. The van der Waals surface area contributed by atoms with Crippen molar-refractivity contribution in [1.29, 1.82) is 0 Å². The fourth-order valence-electron chi connectivity index (χ4n) is 5.09. The summed E-state index contributed by atoms with van der Waals surface area (Å²) >= 11 is 0. The molecular formula is C28H29N. The molecule has 0 aromatic heterocycles. The Morgan fingerprint density at radius 2 is 1.21 bits per heavy atom. The van der Waals surface area contributed by atoms with Crippen LogP contribution in [0.2, 0.25) is 0 Å². The van der Waals surface area contributed by atoms with Crippen LogP contribution in [0.4, 0.5) is 5.69 Å². The van der Waals surface area contributed by atoms with E-state index in [2.05, 4.69) is 67.6 Å². The Balaban J connectivity index is 1.67. The first kappa shape index (κ1) is 18.2. The van der Waals surface area contributed by atoms with E-state index in [0.717, 1.165) is 12.1 Å². The average molecular weight is 380 g/mol. The Morgan fingerprint density at radius 3 is 1.97 bits per heavy atom. The minimum Gasteiger partial charge on any atom is -0.398 e. The Labute approximate surface area is 172 Å². The van der Waals surface area contributed by atoms with Crippen LogP contribution in [0.3, 0.4) is 0 Å². The molecule has 0 atom stereocenters. The maximum absolute atomic E-state index is 6.72. The zero-order chi connectivity index (χ0) is 19.8. The molecule has 5 rings (SSSR count). The smallest absolute Gasteiger partial charge is 0.0426 e. The van der Waals surface area contributed by atoms with Gasteiger partial charge in [-0.15, -0.1) is 0 Å². The predicted molar refractivity (Wildman–Crippen MR) is 129 cm³/mol. The van der Waals surface area contributed by atoms with E-state index in [-0.39, 0.29) is 0 Å². The fourth-order valence-corrected chi connectivity index (χ4v) is 5.09. The minimum absolute atomic E-state index is 0.978. The molecule has 0 spiro atoms. The lowest BCUT2D eigenvalue weighted by atomic mass is 9.87. The molecule has 146 valence electrons. The van der Waals surface area contributed by atoms with E-state index in [4.69, 9.17) is 5.73 Å². The first-order valence-corrected chi connectivity index (χ1v) is 11.2. The normalized spacial score (nSPS) is 12.0. The van der Waals surface area contributed by atoms with Crippen molar-refractivity contribution in [2.45, 2.75) is 51.9 Å². The largest absolute Gasteiger partial charge is 0.398 e. The van der Waals surface area contributed by atoms with Crippen molar-refractivity contribution in [3.63, 3.8) is 0 Å². The van der Waals surface area contributed by atoms with Gasteiger partial charge in [0.1, 0.15) is 0 Å². The number of rotatable bonds is 7. The highest BCUT2D eigenvalue weighted by Gasteiger charge is 2.15. The number of benzene rings is 5. The molecule has 0 amide bonds. The molecule has 5 aromatic rings. The van der Waals surface area contributed by atoms with Crippen molar-refractivity contribution in [3.8, 4) is 0 Å². The molecular weight excluding hydrogens is 350 g/mol. The van der Waals surface area contributed by atoms with E-state index in [1.807, 2.05) is 0 Å². The lowest BCUT2D eigenvalue weighted by Crippen LogP contribution is -1.98. The standard InChI is InChI=1S/C28H29N/c1-2-3-4-5-6-7-11-20-18-25-23-15-9-13-19-12-8-14-21(26(19)23)22-16-10-17-24(27(22)25)28(20)29/h8-10,12-18H,2-7,11,29H2,1H3. The summed E-state index contributed by atoms with van der Waals surface area (Å²) in [6.45, 7) is 2.27. The van der Waals surface area contributed by atoms with Crippen LogP contribution in [0.15, 0.2) is 60.7 Å². The molecule has 0 radical (unpaired) electrons. The van der Waals surface area contributed by atoms with Crippen LogP contribution in [0.25, 0.3) is 43.1 Å². The topological polar surface area (TPSA) is 26.0 Å². The van der Waals surface area contributed by atoms with Crippen molar-refractivity contribution in [1.82, 2.24) is 0 Å². The number of nitrogens with two attached hydrogens (primary N) is 1. The van der Waals surface area contributed by atoms with Crippen LogP contribution in [-0.4, -0.2) is 0 Å². The summed E-state index contributed by atoms with van der Waals surface area (Å²) in [6, 6.07) is 22.3. The Bertz CT molecular complexity index is 1290. The molecule has 0 aliphatic heterocycles. The van der Waals surface area contributed by atoms with E-state index >= 15 is 0 Å². The number of aryl methyl sites for hydroxylation is 1. The molecule has 0 bridgehead atoms. The van der Waals surface area contributed by atoms with Gasteiger partial charge in [0.2, 0.25) is 0 Å². The molecule has 2 N–H and O–H groups in total. The maximum Gasteiger partial charge on any atom is 0.0426 e. The van der Waals surface area contributed by atoms with Gasteiger partial charge in [0, 0.05) is 11.1 Å². The molecule has 0 saturated carbocycles. The van der Waals surface area contributed by atoms with Gasteiger partial charge in [0.05, 0.1) is 0 Å². The van der Waals surface area contributed by atoms with Gasteiger partial charge in [-0.2, -0.15) is 0 Å². The quantitative estimate of drug-likeness (QED) is 0.131. The Kier molecular flexibility index (Phi) is 4.75. The zero-order valence-electron chi connectivity index (χ0n) is 17.3. The third-order valence-electron chi connectivity index (χ3n) is 6.57. The molecule has 0 fully saturated rings. The molecule has 1 nitrogen and oxygen atoms in total. The van der Waals surface area contributed by atoms with E-state index < -0.39 is 0 Å². The zero-order valence-corrected chi connectivity index (χ0v) is 17.3. The van der Waals surface area contributed by atoms with Crippen LogP contribution in [0.5, 0.6) is 0 Å². The summed E-state index contributed by atoms with van der Waals surface area (Å²) in [5, 5.41) is 10.6. The highest BCUT2D eigenvalue weighted by molar-refractivity contribution is 6.34. The molecule has 0 saturated heterocycles. The van der Waals surface area contributed by atoms with Gasteiger partial charge in [-0.25, -0.2) is 0 Å². The summed E-state index contributed by atoms with van der Waals surface area (Å²) in [7, 11) is 0. The van der Waals surface area contributed by atoms with E-state index in [0.29, 0.717) is 0 Å². The lowest BCUT2D eigenvalue weighted by molar-refractivity contribution is 0.608. The second-order valence-electron chi connectivity index (χ2n) is 8.45. The summed E-state index contributed by atoms with van der Waals surface area (Å²) in [6.07, 6.45) is 8.94. The van der Waals surface area contributed by atoms with Crippen LogP contribution in [0.1, 0.15) is 51.0 Å². The molecule has 0 heterocycles. The third-order valence-corrected chi connectivity index (χ3v) is 6.57. The van der Waals surface area contributed by atoms with Crippen molar-refractivity contribution in [3.05, 3.63) is 66.2 Å². The molecule has 0 unspecified atom stereocenters. The number of anilines is 1. The SMILES string of the molecule is CCCCCCCCc1cc2c3cccc4cccc(c5cccc(c1N)c52)c43. The summed E-state index contributed by atoms with van der Waals surface area (Å²) in [4.78, 5) is 0. The number of unbranched alkanes of at least 4 members (excludes halogenated alkanes) is 5. The highest BCUT2D eigenvalue weighted by Crippen LogP contribution is 2.42. The fraction of sp³-hybridized carbons (Fsp3) is 0.286. The number of nitrogen functional groups attached to an aromatic ring is 1. The van der Waals surface area contributed by atoms with Gasteiger partial charge in [-0.3, -0.25) is 0 Å². The first-order valence-electron chi connectivity index (χ1n) is 11.2. The van der Waals surface area contributed by atoms with Gasteiger partial charge in [0.15, 0.2) is 0 Å². The van der Waals surface area contributed by atoms with Crippen LogP contribution >= 0.6 is 0 Å². The van der Waals surface area contributed by atoms with E-state index in [1.165, 1.54) is 87.2 Å². The molecule has 1 heteroatoms. The first-order chi connectivity index (χ1) is 14.3. The summed E-state index contributed by atoms with van der Waals surface area (Å²) in [5.74, 6) is 0. The van der Waals surface area contributed by atoms with Crippen LogP contribution < -0.4 is 5.73 Å². The monoisotopic (exact) mass is 379 g/mol. The second kappa shape index (κ2) is 7.55. The maximum atomic E-state index is 6.72.